The summed E-state index contributed by atoms with van der Waals surface area (Å²) in [6, 6.07) is 3.16. The van der Waals surface area contributed by atoms with E-state index in [1.165, 1.54) is 6.20 Å². The number of rotatable bonds is 13. The zero-order chi connectivity index (χ0) is 22.5. The monoisotopic (exact) mass is 431 g/mol. The van der Waals surface area contributed by atoms with Crippen LogP contribution in [0.15, 0.2) is 18.3 Å². The fourth-order valence-corrected chi connectivity index (χ4v) is 3.37. The minimum Gasteiger partial charge on any atom is -0.462 e. The van der Waals surface area contributed by atoms with E-state index in [-0.39, 0.29) is 36.7 Å². The molecule has 2 rings (SSSR count). The van der Waals surface area contributed by atoms with E-state index in [1.807, 2.05) is 0 Å². The molecule has 1 aliphatic heterocycles. The molecule has 10 nitrogen and oxygen atoms in total. The molecule has 11 heteroatoms. The number of aromatic nitrogens is 1. The Bertz CT molecular complexity index is 789. The predicted octanol–water partition coefficient (Wildman–Crippen LogP) is -0.566. The first-order valence-electron chi connectivity index (χ1n) is 10.5. The van der Waals surface area contributed by atoms with Gasteiger partial charge in [-0.25, -0.2) is 4.58 Å². The highest BCUT2D eigenvalue weighted by Crippen LogP contribution is 2.10. The highest BCUT2D eigenvalue weighted by atomic mass is 16.3. The number of nitrogens with one attached hydrogen (secondary N) is 3. The van der Waals surface area contributed by atoms with Crippen molar-refractivity contribution in [2.75, 3.05) is 19.6 Å². The molecule has 1 fully saturated rings. The maximum absolute atomic E-state index is 12.4. The molecule has 167 valence electrons. The Balaban J connectivity index is 1.76. The second-order valence-corrected chi connectivity index (χ2v) is 7.35. The van der Waals surface area contributed by atoms with E-state index in [9.17, 15) is 24.5 Å². The van der Waals surface area contributed by atoms with E-state index in [2.05, 4.69) is 20.9 Å². The van der Waals surface area contributed by atoms with Gasteiger partial charge in [0.1, 0.15) is 13.1 Å². The fourth-order valence-electron chi connectivity index (χ4n) is 3.37. The summed E-state index contributed by atoms with van der Waals surface area (Å²) in [4.78, 5) is 38.7. The zero-order valence-corrected chi connectivity index (χ0v) is 17.5. The van der Waals surface area contributed by atoms with Crippen molar-refractivity contribution in [2.45, 2.75) is 51.0 Å². The highest BCUT2D eigenvalue weighted by molar-refractivity contribution is 6.27. The lowest BCUT2D eigenvalue weighted by molar-refractivity contribution is -0.533. The van der Waals surface area contributed by atoms with Crippen molar-refractivity contribution in [3.05, 3.63) is 29.6 Å². The third kappa shape index (κ3) is 8.37. The Kier molecular flexibility index (Phi) is 10.5. The number of carbonyl (C=O) groups is 3. The number of nitrogens with zero attached hydrogens (tertiary/aromatic N) is 2. The quantitative estimate of drug-likeness (QED) is 0.0931. The number of amides is 3. The van der Waals surface area contributed by atoms with Gasteiger partial charge in [-0.15, -0.1) is 0 Å². The fraction of sp³-hybridized carbons (Fsp3) is 0.550. The molecule has 3 amide bonds. The van der Waals surface area contributed by atoms with Crippen LogP contribution >= 0.6 is 0 Å². The molecule has 0 bridgehead atoms. The summed E-state index contributed by atoms with van der Waals surface area (Å²) in [5.41, 5.74) is 0.931. The van der Waals surface area contributed by atoms with Crippen LogP contribution in [0.3, 0.4) is 0 Å². The van der Waals surface area contributed by atoms with Gasteiger partial charge in [0.05, 0.1) is 12.2 Å². The molecule has 1 radical (unpaired) electrons. The van der Waals surface area contributed by atoms with E-state index < -0.39 is 0 Å². The van der Waals surface area contributed by atoms with Crippen molar-refractivity contribution in [3.63, 3.8) is 0 Å². The topological polar surface area (TPSA) is 144 Å². The van der Waals surface area contributed by atoms with Crippen LogP contribution < -0.4 is 16.0 Å². The average molecular weight is 431 g/mol. The van der Waals surface area contributed by atoms with Gasteiger partial charge < -0.3 is 26.1 Å². The van der Waals surface area contributed by atoms with Gasteiger partial charge >= 0.3 is 13.4 Å². The van der Waals surface area contributed by atoms with Crippen molar-refractivity contribution in [1.82, 2.24) is 20.9 Å². The molecule has 1 unspecified atom stereocenters. The van der Waals surface area contributed by atoms with E-state index in [0.717, 1.165) is 39.6 Å². The molecule has 31 heavy (non-hydrogen) atoms. The molecule has 1 saturated heterocycles. The van der Waals surface area contributed by atoms with Crippen LogP contribution in [-0.4, -0.2) is 76.9 Å². The third-order valence-corrected chi connectivity index (χ3v) is 5.06. The number of carbonyl (C=O) groups excluding carboxylic acids is 3. The van der Waals surface area contributed by atoms with Crippen LogP contribution in [0.4, 0.5) is 0 Å². The van der Waals surface area contributed by atoms with E-state index in [4.69, 9.17) is 0 Å². The molecule has 2 heterocycles. The maximum Gasteiger partial charge on any atom is 0.375 e. The Morgan fingerprint density at radius 3 is 2.90 bits per heavy atom. The highest BCUT2D eigenvalue weighted by Gasteiger charge is 2.31. The summed E-state index contributed by atoms with van der Waals surface area (Å²) in [7, 11) is 1.06. The molecular weight excluding hydrogens is 401 g/mol. The second kappa shape index (κ2) is 13.4. The summed E-state index contributed by atoms with van der Waals surface area (Å²) in [6.07, 6.45) is 6.56. The Labute approximate surface area is 182 Å². The Hall–Kier alpha value is -2.95. The molecule has 0 spiro atoms. The van der Waals surface area contributed by atoms with Crippen LogP contribution in [0.25, 0.3) is 0 Å². The van der Waals surface area contributed by atoms with Gasteiger partial charge in [0.25, 0.3) is 5.91 Å². The average Bonchev–Trinajstić information content (AvgIpc) is 3.27. The molecule has 5 N–H and O–H groups in total. The molecule has 0 aliphatic carbocycles. The number of pyridine rings is 1. The smallest absolute Gasteiger partial charge is 0.375 e. The van der Waals surface area contributed by atoms with Crippen LogP contribution in [-0.2, 0) is 16.1 Å². The van der Waals surface area contributed by atoms with Gasteiger partial charge in [0, 0.05) is 37.6 Å². The van der Waals surface area contributed by atoms with Crippen LogP contribution in [0.1, 0.15) is 54.6 Å². The van der Waals surface area contributed by atoms with Crippen molar-refractivity contribution >= 4 is 31.6 Å². The summed E-state index contributed by atoms with van der Waals surface area (Å²) in [5, 5.41) is 27.4. The Morgan fingerprint density at radius 1 is 1.29 bits per heavy atom. The summed E-state index contributed by atoms with van der Waals surface area (Å²) in [5.74, 6) is -0.694. The molecule has 0 aromatic carbocycles. The Morgan fingerprint density at radius 2 is 2.13 bits per heavy atom. The van der Waals surface area contributed by atoms with Gasteiger partial charge in [-0.2, -0.15) is 0 Å². The van der Waals surface area contributed by atoms with Crippen LogP contribution in [0.2, 0.25) is 0 Å². The lowest BCUT2D eigenvalue weighted by atomic mass is 9.87. The predicted molar refractivity (Wildman–Crippen MR) is 115 cm³/mol. The number of hydrogen-bond donors (Lipinski definition) is 5. The SMILES string of the molecule is O=CNCCCCCC(=O)NCc1cc(C(=O)NC/C(O)=[N+]2\CCCC2[B]O)ccn1. The zero-order valence-electron chi connectivity index (χ0n) is 17.5. The second-order valence-electron chi connectivity index (χ2n) is 7.35. The first-order valence-corrected chi connectivity index (χ1v) is 10.5. The van der Waals surface area contributed by atoms with Crippen LogP contribution in [0.5, 0.6) is 0 Å². The molecule has 1 atom stereocenters. The van der Waals surface area contributed by atoms with Gasteiger partial charge in [0.15, 0.2) is 5.94 Å². The summed E-state index contributed by atoms with van der Waals surface area (Å²) >= 11 is 0. The van der Waals surface area contributed by atoms with Crippen molar-refractivity contribution in [1.29, 1.82) is 0 Å². The number of hydrogen-bond acceptors (Lipinski definition) is 5. The van der Waals surface area contributed by atoms with Crippen LogP contribution in [0, 0.1) is 0 Å². The third-order valence-electron chi connectivity index (χ3n) is 5.06. The molecule has 1 aromatic rings. The normalized spacial score (nSPS) is 17.0. The lowest BCUT2D eigenvalue weighted by Gasteiger charge is -2.08. The minimum atomic E-state index is -0.366. The van der Waals surface area contributed by atoms with Crippen molar-refractivity contribution in [2.24, 2.45) is 0 Å². The van der Waals surface area contributed by atoms with E-state index in [1.54, 1.807) is 16.7 Å². The minimum absolute atomic E-state index is 0.00429. The number of unbranched alkanes of at least 4 members (excludes halogenated alkanes) is 2. The maximum atomic E-state index is 12.4. The lowest BCUT2D eigenvalue weighted by Crippen LogP contribution is -2.38. The summed E-state index contributed by atoms with van der Waals surface area (Å²) in [6.45, 7) is 1.40. The molecule has 1 aromatic heterocycles. The van der Waals surface area contributed by atoms with Gasteiger partial charge in [0.2, 0.25) is 12.3 Å². The van der Waals surface area contributed by atoms with Gasteiger partial charge in [-0.1, -0.05) is 6.42 Å². The van der Waals surface area contributed by atoms with Gasteiger partial charge in [-0.3, -0.25) is 19.4 Å². The molecule has 1 aliphatic rings. The molecular formula is C20H30BN5O5+. The van der Waals surface area contributed by atoms with Gasteiger partial charge in [-0.05, 0) is 25.0 Å². The summed E-state index contributed by atoms with van der Waals surface area (Å²) < 4.78 is 1.66. The first kappa shape index (κ1) is 24.3. The first-order chi connectivity index (χ1) is 15.0. The van der Waals surface area contributed by atoms with Crippen molar-refractivity contribution in [3.8, 4) is 0 Å². The van der Waals surface area contributed by atoms with E-state index >= 15 is 0 Å². The van der Waals surface area contributed by atoms with E-state index in [0.29, 0.717) is 37.2 Å². The van der Waals surface area contributed by atoms with Crippen molar-refractivity contribution < 1.29 is 29.1 Å². The number of aliphatic hydroxyl groups excluding tert-OH is 1. The molecule has 0 saturated carbocycles. The number of aliphatic hydroxyl groups is 1. The standard InChI is InChI=1S/C20H29BN5O5/c27-14-22-8-3-1-2-6-18(28)24-12-16-11-15(7-9-23-16)20(30)25-13-19(29)26-10-4-5-17(26)21-31/h7,9,11,14,17,31H,1-6,8,10,12-13H2,(H3,22,24,25,27,28,30)/p+1. The largest absolute Gasteiger partial charge is 0.462 e.